The molecule has 2 amide bonds. The second-order valence-corrected chi connectivity index (χ2v) is 5.73. The fourth-order valence-electron chi connectivity index (χ4n) is 2.36. The molecular formula is C20H24N2O5. The Kier molecular flexibility index (Phi) is 7.49. The van der Waals surface area contributed by atoms with Crippen LogP contribution in [0, 0.1) is 0 Å². The normalized spacial score (nSPS) is 10.0. The number of methoxy groups -OCH3 is 3. The lowest BCUT2D eigenvalue weighted by Crippen LogP contribution is -2.30. The molecule has 7 nitrogen and oxygen atoms in total. The van der Waals surface area contributed by atoms with Crippen LogP contribution >= 0.6 is 0 Å². The number of benzene rings is 2. The van der Waals surface area contributed by atoms with Crippen molar-refractivity contribution in [1.82, 2.24) is 10.6 Å². The molecule has 0 spiro atoms. The predicted molar refractivity (Wildman–Crippen MR) is 101 cm³/mol. The summed E-state index contributed by atoms with van der Waals surface area (Å²) in [5.74, 6) is 1.37. The molecule has 0 aliphatic rings. The van der Waals surface area contributed by atoms with Gasteiger partial charge in [0.2, 0.25) is 5.91 Å². The van der Waals surface area contributed by atoms with Gasteiger partial charge in [-0.2, -0.15) is 0 Å². The van der Waals surface area contributed by atoms with Crippen LogP contribution in [0.25, 0.3) is 0 Å². The SMILES string of the molecule is COc1ccc(CNC(=O)CCNC(=O)c2cc(OC)cc(OC)c2)cc1. The molecule has 0 aromatic heterocycles. The number of hydrogen-bond donors (Lipinski definition) is 2. The molecule has 0 radical (unpaired) electrons. The smallest absolute Gasteiger partial charge is 0.251 e. The van der Waals surface area contributed by atoms with Crippen molar-refractivity contribution in [1.29, 1.82) is 0 Å². The Morgan fingerprint density at radius 3 is 1.96 bits per heavy atom. The molecule has 0 aliphatic heterocycles. The van der Waals surface area contributed by atoms with Gasteiger partial charge >= 0.3 is 0 Å². The maximum absolute atomic E-state index is 12.2. The molecule has 144 valence electrons. The molecule has 0 fully saturated rings. The number of hydrogen-bond acceptors (Lipinski definition) is 5. The van der Waals surface area contributed by atoms with Gasteiger partial charge in [-0.15, -0.1) is 0 Å². The summed E-state index contributed by atoms with van der Waals surface area (Å²) in [6.45, 7) is 0.649. The monoisotopic (exact) mass is 372 g/mol. The fourth-order valence-corrected chi connectivity index (χ4v) is 2.36. The molecule has 0 saturated carbocycles. The van der Waals surface area contributed by atoms with Crippen molar-refractivity contribution in [2.45, 2.75) is 13.0 Å². The van der Waals surface area contributed by atoms with E-state index in [4.69, 9.17) is 14.2 Å². The first-order valence-corrected chi connectivity index (χ1v) is 8.46. The van der Waals surface area contributed by atoms with E-state index in [-0.39, 0.29) is 24.8 Å². The van der Waals surface area contributed by atoms with E-state index < -0.39 is 0 Å². The average molecular weight is 372 g/mol. The zero-order chi connectivity index (χ0) is 19.6. The summed E-state index contributed by atoms with van der Waals surface area (Å²) in [4.78, 5) is 24.2. The molecule has 0 aliphatic carbocycles. The summed E-state index contributed by atoms with van der Waals surface area (Å²) < 4.78 is 15.4. The van der Waals surface area contributed by atoms with E-state index in [1.165, 1.54) is 14.2 Å². The fraction of sp³-hybridized carbons (Fsp3) is 0.300. The minimum absolute atomic E-state index is 0.144. The lowest BCUT2D eigenvalue weighted by molar-refractivity contribution is -0.121. The highest BCUT2D eigenvalue weighted by molar-refractivity contribution is 5.95. The highest BCUT2D eigenvalue weighted by Crippen LogP contribution is 2.22. The third kappa shape index (κ3) is 6.22. The quantitative estimate of drug-likeness (QED) is 0.704. The Hall–Kier alpha value is -3.22. The average Bonchev–Trinajstić information content (AvgIpc) is 2.72. The van der Waals surface area contributed by atoms with Crippen molar-refractivity contribution in [3.05, 3.63) is 53.6 Å². The lowest BCUT2D eigenvalue weighted by atomic mass is 10.2. The van der Waals surface area contributed by atoms with E-state index in [1.54, 1.807) is 25.3 Å². The first kappa shape index (κ1) is 20.1. The number of ether oxygens (including phenoxy) is 3. The van der Waals surface area contributed by atoms with Gasteiger partial charge < -0.3 is 24.8 Å². The molecule has 0 bridgehead atoms. The van der Waals surface area contributed by atoms with E-state index in [1.807, 2.05) is 24.3 Å². The van der Waals surface area contributed by atoms with Crippen molar-refractivity contribution in [2.75, 3.05) is 27.9 Å². The first-order chi connectivity index (χ1) is 13.0. The largest absolute Gasteiger partial charge is 0.497 e. The zero-order valence-electron chi connectivity index (χ0n) is 15.7. The van der Waals surface area contributed by atoms with Gasteiger partial charge in [-0.25, -0.2) is 0 Å². The predicted octanol–water partition coefficient (Wildman–Crippen LogP) is 2.15. The summed E-state index contributed by atoms with van der Waals surface area (Å²) in [7, 11) is 4.64. The Labute approximate surface area is 158 Å². The zero-order valence-corrected chi connectivity index (χ0v) is 15.7. The van der Waals surface area contributed by atoms with Gasteiger partial charge in [0.05, 0.1) is 21.3 Å². The topological polar surface area (TPSA) is 85.9 Å². The Bertz CT molecular complexity index is 752. The molecule has 0 saturated heterocycles. The Balaban J connectivity index is 1.77. The molecule has 0 heterocycles. The van der Waals surface area contributed by atoms with E-state index in [9.17, 15) is 9.59 Å². The van der Waals surface area contributed by atoms with Crippen molar-refractivity contribution in [2.24, 2.45) is 0 Å². The lowest BCUT2D eigenvalue weighted by Gasteiger charge is -2.10. The molecule has 2 rings (SSSR count). The number of carbonyl (C=O) groups excluding carboxylic acids is 2. The van der Waals surface area contributed by atoms with E-state index in [0.717, 1.165) is 11.3 Å². The Morgan fingerprint density at radius 2 is 1.41 bits per heavy atom. The van der Waals surface area contributed by atoms with Gasteiger partial charge in [0.25, 0.3) is 5.91 Å². The minimum Gasteiger partial charge on any atom is -0.497 e. The molecule has 2 N–H and O–H groups in total. The van der Waals surface area contributed by atoms with Crippen LogP contribution < -0.4 is 24.8 Å². The highest BCUT2D eigenvalue weighted by Gasteiger charge is 2.10. The Morgan fingerprint density at radius 1 is 0.815 bits per heavy atom. The van der Waals surface area contributed by atoms with Crippen LogP contribution in [0.4, 0.5) is 0 Å². The molecule has 2 aromatic rings. The van der Waals surface area contributed by atoms with Crippen LogP contribution in [-0.2, 0) is 11.3 Å². The van der Waals surface area contributed by atoms with Gasteiger partial charge in [0, 0.05) is 31.1 Å². The van der Waals surface area contributed by atoms with E-state index in [0.29, 0.717) is 23.6 Å². The van der Waals surface area contributed by atoms with Crippen molar-refractivity contribution in [3.8, 4) is 17.2 Å². The van der Waals surface area contributed by atoms with Crippen molar-refractivity contribution in [3.63, 3.8) is 0 Å². The summed E-state index contributed by atoms with van der Waals surface area (Å²) in [5, 5.41) is 5.53. The molecular weight excluding hydrogens is 348 g/mol. The number of rotatable bonds is 9. The van der Waals surface area contributed by atoms with Crippen LogP contribution in [-0.4, -0.2) is 39.7 Å². The third-order valence-corrected chi connectivity index (χ3v) is 3.90. The summed E-state index contributed by atoms with van der Waals surface area (Å²) in [6.07, 6.45) is 0.184. The van der Waals surface area contributed by atoms with Crippen LogP contribution in [0.2, 0.25) is 0 Å². The first-order valence-electron chi connectivity index (χ1n) is 8.46. The molecule has 7 heteroatoms. The van der Waals surface area contributed by atoms with Gasteiger partial charge in [0.1, 0.15) is 17.2 Å². The second-order valence-electron chi connectivity index (χ2n) is 5.73. The van der Waals surface area contributed by atoms with Crippen molar-refractivity contribution >= 4 is 11.8 Å². The molecule has 27 heavy (non-hydrogen) atoms. The van der Waals surface area contributed by atoms with E-state index >= 15 is 0 Å². The summed E-state index contributed by atoms with van der Waals surface area (Å²) >= 11 is 0. The van der Waals surface area contributed by atoms with Gasteiger partial charge in [0.15, 0.2) is 0 Å². The van der Waals surface area contributed by atoms with Crippen LogP contribution in [0.3, 0.4) is 0 Å². The number of amides is 2. The van der Waals surface area contributed by atoms with Gasteiger partial charge in [-0.05, 0) is 29.8 Å². The maximum atomic E-state index is 12.2. The van der Waals surface area contributed by atoms with Crippen LogP contribution in [0.15, 0.2) is 42.5 Å². The molecule has 0 atom stereocenters. The highest BCUT2D eigenvalue weighted by atomic mass is 16.5. The summed E-state index contributed by atoms with van der Waals surface area (Å²) in [5.41, 5.74) is 1.38. The number of nitrogens with one attached hydrogen (secondary N) is 2. The maximum Gasteiger partial charge on any atom is 0.251 e. The minimum atomic E-state index is -0.296. The van der Waals surface area contributed by atoms with Crippen molar-refractivity contribution < 1.29 is 23.8 Å². The van der Waals surface area contributed by atoms with E-state index in [2.05, 4.69) is 10.6 Å². The van der Waals surface area contributed by atoms with Crippen LogP contribution in [0.1, 0.15) is 22.3 Å². The van der Waals surface area contributed by atoms with Gasteiger partial charge in [-0.3, -0.25) is 9.59 Å². The van der Waals surface area contributed by atoms with Gasteiger partial charge in [-0.1, -0.05) is 12.1 Å². The summed E-state index contributed by atoms with van der Waals surface area (Å²) in [6, 6.07) is 12.4. The third-order valence-electron chi connectivity index (χ3n) is 3.90. The molecule has 0 unspecified atom stereocenters. The van der Waals surface area contributed by atoms with Crippen LogP contribution in [0.5, 0.6) is 17.2 Å². The number of carbonyl (C=O) groups is 2. The molecule has 2 aromatic carbocycles. The second kappa shape index (κ2) is 10.1. The standard InChI is InChI=1S/C20H24N2O5/c1-25-16-6-4-14(5-7-16)13-22-19(23)8-9-21-20(24)15-10-17(26-2)12-18(11-15)27-3/h4-7,10-12H,8-9,13H2,1-3H3,(H,21,24)(H,22,23).